The van der Waals surface area contributed by atoms with Crippen LogP contribution in [0.15, 0.2) is 0 Å². The van der Waals surface area contributed by atoms with E-state index in [1.807, 2.05) is 27.7 Å². The monoisotopic (exact) mass is 230 g/mol. The molecule has 1 saturated heterocycles. The number of rotatable bonds is 4. The Balaban J connectivity index is 2.20. The van der Waals surface area contributed by atoms with Gasteiger partial charge >= 0.3 is 0 Å². The maximum absolute atomic E-state index is 11.7. The summed E-state index contributed by atoms with van der Waals surface area (Å²) in [5.41, 5.74) is -0.121. The van der Waals surface area contributed by atoms with Crippen molar-refractivity contribution in [1.29, 1.82) is 0 Å². The zero-order valence-corrected chi connectivity index (χ0v) is 10.9. The van der Waals surface area contributed by atoms with Gasteiger partial charge in [0.2, 0.25) is 5.91 Å². The van der Waals surface area contributed by atoms with E-state index in [4.69, 9.17) is 0 Å². The first-order valence-electron chi connectivity index (χ1n) is 5.53. The van der Waals surface area contributed by atoms with E-state index in [9.17, 15) is 4.79 Å². The fourth-order valence-corrected chi connectivity index (χ4v) is 2.30. The molecule has 1 unspecified atom stereocenters. The van der Waals surface area contributed by atoms with Gasteiger partial charge in [-0.05, 0) is 52.5 Å². The number of amides is 1. The van der Waals surface area contributed by atoms with Gasteiger partial charge < -0.3 is 10.6 Å². The Morgan fingerprint density at radius 3 is 2.53 bits per heavy atom. The fourth-order valence-electron chi connectivity index (χ4n) is 1.29. The molecule has 1 heterocycles. The molecule has 2 N–H and O–H groups in total. The molecule has 0 radical (unpaired) electrons. The van der Waals surface area contributed by atoms with Crippen LogP contribution in [0.1, 0.15) is 27.7 Å². The molecule has 1 fully saturated rings. The maximum Gasteiger partial charge on any atom is 0.233 e. The van der Waals surface area contributed by atoms with Gasteiger partial charge in [-0.25, -0.2) is 0 Å². The topological polar surface area (TPSA) is 41.1 Å². The van der Waals surface area contributed by atoms with E-state index >= 15 is 0 Å². The van der Waals surface area contributed by atoms with Gasteiger partial charge in [0.15, 0.2) is 0 Å². The van der Waals surface area contributed by atoms with E-state index < -0.39 is 0 Å². The SMILES string of the molecule is CC(SCC1CNC1)C(=O)NC(C)(C)C. The largest absolute Gasteiger partial charge is 0.351 e. The number of hydrogen-bond acceptors (Lipinski definition) is 3. The average Bonchev–Trinajstić information content (AvgIpc) is 1.97. The summed E-state index contributed by atoms with van der Waals surface area (Å²) in [6.07, 6.45) is 0. The lowest BCUT2D eigenvalue weighted by atomic mass is 10.1. The maximum atomic E-state index is 11.7. The van der Waals surface area contributed by atoms with Gasteiger partial charge in [0.25, 0.3) is 0 Å². The van der Waals surface area contributed by atoms with Crippen LogP contribution < -0.4 is 10.6 Å². The summed E-state index contributed by atoms with van der Waals surface area (Å²) in [5.74, 6) is 2.01. The molecular weight excluding hydrogens is 208 g/mol. The van der Waals surface area contributed by atoms with E-state index in [-0.39, 0.29) is 16.7 Å². The van der Waals surface area contributed by atoms with Crippen LogP contribution in [0.4, 0.5) is 0 Å². The third-order valence-corrected chi connectivity index (χ3v) is 3.69. The van der Waals surface area contributed by atoms with Crippen LogP contribution in [0.3, 0.4) is 0 Å². The van der Waals surface area contributed by atoms with Crippen molar-refractivity contribution in [2.24, 2.45) is 5.92 Å². The fraction of sp³-hybridized carbons (Fsp3) is 0.909. The molecule has 1 aliphatic heterocycles. The Morgan fingerprint density at radius 2 is 2.13 bits per heavy atom. The van der Waals surface area contributed by atoms with Gasteiger partial charge in [-0.2, -0.15) is 0 Å². The van der Waals surface area contributed by atoms with Gasteiger partial charge in [-0.3, -0.25) is 4.79 Å². The van der Waals surface area contributed by atoms with Gasteiger partial charge in [-0.1, -0.05) is 0 Å². The van der Waals surface area contributed by atoms with Crippen molar-refractivity contribution in [3.63, 3.8) is 0 Å². The van der Waals surface area contributed by atoms with Crippen LogP contribution in [0.5, 0.6) is 0 Å². The Labute approximate surface area is 96.8 Å². The lowest BCUT2D eigenvalue weighted by Gasteiger charge is -2.28. The molecule has 4 heteroatoms. The Hall–Kier alpha value is -0.220. The van der Waals surface area contributed by atoms with E-state index in [0.717, 1.165) is 24.8 Å². The third kappa shape index (κ3) is 4.89. The molecule has 3 nitrogen and oxygen atoms in total. The van der Waals surface area contributed by atoms with Crippen LogP contribution in [0.2, 0.25) is 0 Å². The molecule has 0 spiro atoms. The highest BCUT2D eigenvalue weighted by Crippen LogP contribution is 2.18. The number of hydrogen-bond donors (Lipinski definition) is 2. The molecule has 0 saturated carbocycles. The van der Waals surface area contributed by atoms with Crippen molar-refractivity contribution in [3.8, 4) is 0 Å². The standard InChI is InChI=1S/C11H22N2OS/c1-8(10(14)13-11(2,3)4)15-7-9-5-12-6-9/h8-9,12H,5-7H2,1-4H3,(H,13,14). The van der Waals surface area contributed by atoms with Crippen molar-refractivity contribution < 1.29 is 4.79 Å². The normalized spacial score (nSPS) is 19.5. The minimum absolute atomic E-state index is 0.0600. The third-order valence-electron chi connectivity index (χ3n) is 2.32. The quantitative estimate of drug-likeness (QED) is 0.763. The number of carbonyl (C=O) groups excluding carboxylic acids is 1. The summed E-state index contributed by atoms with van der Waals surface area (Å²) >= 11 is 1.76. The lowest BCUT2D eigenvalue weighted by molar-refractivity contribution is -0.121. The average molecular weight is 230 g/mol. The van der Waals surface area contributed by atoms with E-state index in [0.29, 0.717) is 0 Å². The molecule has 0 aromatic heterocycles. The molecule has 1 amide bonds. The predicted octanol–water partition coefficient (Wildman–Crippen LogP) is 1.24. The highest BCUT2D eigenvalue weighted by molar-refractivity contribution is 8.00. The molecule has 0 aromatic rings. The van der Waals surface area contributed by atoms with Gasteiger partial charge in [0.05, 0.1) is 5.25 Å². The van der Waals surface area contributed by atoms with Crippen LogP contribution in [0.25, 0.3) is 0 Å². The first kappa shape index (κ1) is 12.8. The summed E-state index contributed by atoms with van der Waals surface area (Å²) in [6.45, 7) is 10.2. The second-order valence-electron chi connectivity index (χ2n) is 5.24. The summed E-state index contributed by atoms with van der Waals surface area (Å²) in [4.78, 5) is 11.7. The number of nitrogens with one attached hydrogen (secondary N) is 2. The molecule has 0 bridgehead atoms. The van der Waals surface area contributed by atoms with Crippen LogP contribution in [0, 0.1) is 5.92 Å². The van der Waals surface area contributed by atoms with Crippen LogP contribution >= 0.6 is 11.8 Å². The van der Waals surface area contributed by atoms with Crippen molar-refractivity contribution in [1.82, 2.24) is 10.6 Å². The first-order chi connectivity index (χ1) is 6.88. The Morgan fingerprint density at radius 1 is 1.53 bits per heavy atom. The molecule has 0 aromatic carbocycles. The van der Waals surface area contributed by atoms with Crippen molar-refractivity contribution >= 4 is 17.7 Å². The zero-order valence-electron chi connectivity index (χ0n) is 10.1. The smallest absolute Gasteiger partial charge is 0.233 e. The highest BCUT2D eigenvalue weighted by atomic mass is 32.2. The van der Waals surface area contributed by atoms with Gasteiger partial charge in [0.1, 0.15) is 0 Å². The van der Waals surface area contributed by atoms with E-state index in [1.165, 1.54) is 0 Å². The van der Waals surface area contributed by atoms with Crippen LogP contribution in [-0.4, -0.2) is 35.5 Å². The van der Waals surface area contributed by atoms with Gasteiger partial charge in [0, 0.05) is 5.54 Å². The summed E-state index contributed by atoms with van der Waals surface area (Å²) in [6, 6.07) is 0. The lowest BCUT2D eigenvalue weighted by Crippen LogP contribution is -2.46. The summed E-state index contributed by atoms with van der Waals surface area (Å²) in [7, 11) is 0. The molecule has 1 rings (SSSR count). The van der Waals surface area contributed by atoms with Gasteiger partial charge in [-0.15, -0.1) is 11.8 Å². The number of thioether (sulfide) groups is 1. The number of carbonyl (C=O) groups is 1. The first-order valence-corrected chi connectivity index (χ1v) is 6.58. The minimum atomic E-state index is -0.121. The molecule has 88 valence electrons. The summed E-state index contributed by atoms with van der Waals surface area (Å²) in [5, 5.41) is 6.30. The minimum Gasteiger partial charge on any atom is -0.351 e. The van der Waals surface area contributed by atoms with Crippen molar-refractivity contribution in [3.05, 3.63) is 0 Å². The molecule has 0 aliphatic carbocycles. The van der Waals surface area contributed by atoms with E-state index in [2.05, 4.69) is 10.6 Å². The molecule has 15 heavy (non-hydrogen) atoms. The second kappa shape index (κ2) is 5.21. The molecule has 1 aliphatic rings. The zero-order chi connectivity index (χ0) is 11.5. The van der Waals surface area contributed by atoms with E-state index in [1.54, 1.807) is 11.8 Å². The Bertz CT molecular complexity index is 221. The Kier molecular flexibility index (Phi) is 4.46. The molecular formula is C11H22N2OS. The highest BCUT2D eigenvalue weighted by Gasteiger charge is 2.22. The predicted molar refractivity (Wildman–Crippen MR) is 66.2 cm³/mol. The van der Waals surface area contributed by atoms with Crippen molar-refractivity contribution in [2.45, 2.75) is 38.5 Å². The second-order valence-corrected chi connectivity index (χ2v) is 6.61. The molecule has 1 atom stereocenters. The van der Waals surface area contributed by atoms with Crippen molar-refractivity contribution in [2.75, 3.05) is 18.8 Å². The summed E-state index contributed by atoms with van der Waals surface area (Å²) < 4.78 is 0. The van der Waals surface area contributed by atoms with Crippen LogP contribution in [-0.2, 0) is 4.79 Å².